The van der Waals surface area contributed by atoms with Crippen molar-refractivity contribution in [2.75, 3.05) is 18.6 Å². The Labute approximate surface area is 135 Å². The van der Waals surface area contributed by atoms with Crippen LogP contribution in [-0.2, 0) is 13.0 Å². The summed E-state index contributed by atoms with van der Waals surface area (Å²) in [7, 11) is 0. The second-order valence-electron chi connectivity index (χ2n) is 5.55. The summed E-state index contributed by atoms with van der Waals surface area (Å²) in [5, 5.41) is 9.29. The number of benzene rings is 1. The summed E-state index contributed by atoms with van der Waals surface area (Å²) >= 11 is 1.87. The maximum absolute atomic E-state index is 9.29. The number of imidazole rings is 1. The minimum Gasteiger partial charge on any atom is -0.348 e. The van der Waals surface area contributed by atoms with Crippen LogP contribution in [0.2, 0.25) is 0 Å². The third-order valence-corrected chi connectivity index (χ3v) is 4.91. The van der Waals surface area contributed by atoms with Crippen molar-refractivity contribution in [1.29, 1.82) is 5.26 Å². The summed E-state index contributed by atoms with van der Waals surface area (Å²) in [6.45, 7) is 1.82. The molecule has 1 aliphatic heterocycles. The number of hydrogen-bond acceptors (Lipinski definition) is 4. The summed E-state index contributed by atoms with van der Waals surface area (Å²) in [4.78, 5) is 10.3. The number of hydrogen-bond donors (Lipinski definition) is 1. The molecule has 0 fully saturated rings. The molecule has 0 amide bonds. The van der Waals surface area contributed by atoms with Crippen LogP contribution in [0.4, 0.5) is 0 Å². The largest absolute Gasteiger partial charge is 0.348 e. The van der Waals surface area contributed by atoms with Crippen molar-refractivity contribution < 1.29 is 0 Å². The number of aromatic nitrogens is 2. The van der Waals surface area contributed by atoms with E-state index in [0.717, 1.165) is 42.8 Å². The van der Waals surface area contributed by atoms with Crippen molar-refractivity contribution in [2.24, 2.45) is 0 Å². The van der Waals surface area contributed by atoms with Crippen molar-refractivity contribution in [3.63, 3.8) is 0 Å². The van der Waals surface area contributed by atoms with Crippen molar-refractivity contribution in [3.05, 3.63) is 53.1 Å². The highest BCUT2D eigenvalue weighted by molar-refractivity contribution is 7.98. The van der Waals surface area contributed by atoms with E-state index in [1.807, 2.05) is 36.3 Å². The number of H-pyrrole nitrogens is 1. The molecule has 0 bridgehead atoms. The third kappa shape index (κ3) is 3.03. The van der Waals surface area contributed by atoms with E-state index in [9.17, 15) is 5.26 Å². The van der Waals surface area contributed by atoms with Gasteiger partial charge in [0.2, 0.25) is 0 Å². The van der Waals surface area contributed by atoms with Gasteiger partial charge in [-0.05, 0) is 30.1 Å². The van der Waals surface area contributed by atoms with Gasteiger partial charge in [-0.2, -0.15) is 17.0 Å². The Bertz CT molecular complexity index is 673. The zero-order valence-corrected chi connectivity index (χ0v) is 13.6. The molecule has 0 saturated carbocycles. The van der Waals surface area contributed by atoms with Crippen molar-refractivity contribution in [1.82, 2.24) is 14.9 Å². The van der Waals surface area contributed by atoms with Crippen molar-refractivity contribution in [2.45, 2.75) is 25.4 Å². The molecule has 0 unspecified atom stereocenters. The molecule has 1 aromatic carbocycles. The highest BCUT2D eigenvalue weighted by atomic mass is 32.2. The van der Waals surface area contributed by atoms with Crippen LogP contribution in [0.3, 0.4) is 0 Å². The molecule has 1 N–H and O–H groups in total. The zero-order valence-electron chi connectivity index (χ0n) is 12.7. The van der Waals surface area contributed by atoms with Crippen LogP contribution in [-0.4, -0.2) is 33.4 Å². The Balaban J connectivity index is 1.84. The topological polar surface area (TPSA) is 55.7 Å². The lowest BCUT2D eigenvalue weighted by molar-refractivity contribution is 0.168. The Hall–Kier alpha value is -1.77. The number of nitriles is 1. The zero-order chi connectivity index (χ0) is 15.4. The predicted molar refractivity (Wildman–Crippen MR) is 89.6 cm³/mol. The molecule has 2 heterocycles. The van der Waals surface area contributed by atoms with Crippen LogP contribution >= 0.6 is 11.8 Å². The molecule has 0 aliphatic carbocycles. The first-order valence-corrected chi connectivity index (χ1v) is 8.96. The standard InChI is InChI=1S/C17H20N4S/c1-22-9-7-16-17-15(19-12-20-17)6-8-21(16)11-14-5-3-2-4-13(14)10-18/h2-5,12,16H,6-9,11H2,1H3,(H,19,20)/t16-/m1/s1. The normalized spacial score (nSPS) is 17.9. The Morgan fingerprint density at radius 1 is 1.45 bits per heavy atom. The molecule has 5 heteroatoms. The molecule has 0 radical (unpaired) electrons. The van der Waals surface area contributed by atoms with E-state index < -0.39 is 0 Å². The Kier molecular flexibility index (Phi) is 4.81. The Morgan fingerprint density at radius 3 is 3.14 bits per heavy atom. The number of thioether (sulfide) groups is 1. The summed E-state index contributed by atoms with van der Waals surface area (Å²) in [5.74, 6) is 1.12. The van der Waals surface area contributed by atoms with Crippen LogP contribution < -0.4 is 0 Å². The van der Waals surface area contributed by atoms with Crippen LogP contribution in [0, 0.1) is 11.3 Å². The molecule has 4 nitrogen and oxygen atoms in total. The molecule has 0 spiro atoms. The van der Waals surface area contributed by atoms with Crippen LogP contribution in [0.5, 0.6) is 0 Å². The minimum absolute atomic E-state index is 0.342. The highest BCUT2D eigenvalue weighted by Crippen LogP contribution is 2.32. The van der Waals surface area contributed by atoms with Crippen molar-refractivity contribution in [3.8, 4) is 6.07 Å². The minimum atomic E-state index is 0.342. The lowest BCUT2D eigenvalue weighted by Gasteiger charge is -2.35. The van der Waals surface area contributed by atoms with Gasteiger partial charge < -0.3 is 4.98 Å². The van der Waals surface area contributed by atoms with E-state index in [2.05, 4.69) is 33.3 Å². The summed E-state index contributed by atoms with van der Waals surface area (Å²) in [5.41, 5.74) is 4.35. The van der Waals surface area contributed by atoms with Gasteiger partial charge in [0.25, 0.3) is 0 Å². The number of nitrogens with zero attached hydrogens (tertiary/aromatic N) is 3. The van der Waals surface area contributed by atoms with Crippen molar-refractivity contribution >= 4 is 11.8 Å². The first kappa shape index (κ1) is 15.1. The summed E-state index contributed by atoms with van der Waals surface area (Å²) < 4.78 is 0. The summed E-state index contributed by atoms with van der Waals surface area (Å²) in [6.07, 6.45) is 6.04. The van der Waals surface area contributed by atoms with Gasteiger partial charge in [0.15, 0.2) is 0 Å². The van der Waals surface area contributed by atoms with E-state index in [0.29, 0.717) is 6.04 Å². The molecular weight excluding hydrogens is 292 g/mol. The third-order valence-electron chi connectivity index (χ3n) is 4.26. The maximum atomic E-state index is 9.29. The van der Waals surface area contributed by atoms with Gasteiger partial charge in [-0.3, -0.25) is 4.90 Å². The summed E-state index contributed by atoms with van der Waals surface area (Å²) in [6, 6.07) is 10.5. The van der Waals surface area contributed by atoms with Gasteiger partial charge in [-0.15, -0.1) is 0 Å². The van der Waals surface area contributed by atoms with Gasteiger partial charge >= 0.3 is 0 Å². The first-order chi connectivity index (χ1) is 10.8. The number of fused-ring (bicyclic) bond motifs is 1. The average molecular weight is 312 g/mol. The van der Waals surface area contributed by atoms with Gasteiger partial charge in [0.1, 0.15) is 0 Å². The van der Waals surface area contributed by atoms with Gasteiger partial charge in [0, 0.05) is 25.2 Å². The Morgan fingerprint density at radius 2 is 2.32 bits per heavy atom. The second-order valence-corrected chi connectivity index (χ2v) is 6.54. The highest BCUT2D eigenvalue weighted by Gasteiger charge is 2.29. The molecule has 114 valence electrons. The van der Waals surface area contributed by atoms with Gasteiger partial charge in [0.05, 0.1) is 29.7 Å². The molecule has 3 rings (SSSR count). The second kappa shape index (κ2) is 6.99. The molecular formula is C17H20N4S. The van der Waals surface area contributed by atoms with Crippen LogP contribution in [0.25, 0.3) is 0 Å². The SMILES string of the molecule is CSCC[C@@H]1c2nc[nH]c2CCN1Cc1ccccc1C#N. The molecule has 1 aliphatic rings. The smallest absolute Gasteiger partial charge is 0.0995 e. The molecule has 22 heavy (non-hydrogen) atoms. The number of rotatable bonds is 5. The fraction of sp³-hybridized carbons (Fsp3) is 0.412. The quantitative estimate of drug-likeness (QED) is 0.921. The van der Waals surface area contributed by atoms with E-state index in [-0.39, 0.29) is 0 Å². The van der Waals surface area contributed by atoms with E-state index in [1.165, 1.54) is 11.4 Å². The van der Waals surface area contributed by atoms with Gasteiger partial charge in [-0.1, -0.05) is 18.2 Å². The van der Waals surface area contributed by atoms with Crippen LogP contribution in [0.15, 0.2) is 30.6 Å². The van der Waals surface area contributed by atoms with E-state index in [1.54, 1.807) is 0 Å². The lowest BCUT2D eigenvalue weighted by atomic mass is 9.98. The van der Waals surface area contributed by atoms with Gasteiger partial charge in [-0.25, -0.2) is 4.98 Å². The lowest BCUT2D eigenvalue weighted by Crippen LogP contribution is -2.35. The maximum Gasteiger partial charge on any atom is 0.0995 e. The first-order valence-electron chi connectivity index (χ1n) is 7.56. The molecule has 2 aromatic rings. The van der Waals surface area contributed by atoms with E-state index in [4.69, 9.17) is 0 Å². The molecule has 1 atom stereocenters. The fourth-order valence-electron chi connectivity index (χ4n) is 3.13. The van der Waals surface area contributed by atoms with E-state index >= 15 is 0 Å². The number of aromatic amines is 1. The average Bonchev–Trinajstić information content (AvgIpc) is 3.03. The predicted octanol–water partition coefficient (Wildman–Crippen LogP) is 3.13. The van der Waals surface area contributed by atoms with Crippen LogP contribution in [0.1, 0.15) is 35.0 Å². The monoisotopic (exact) mass is 312 g/mol. The number of nitrogens with one attached hydrogen (secondary N) is 1. The fourth-order valence-corrected chi connectivity index (χ4v) is 3.59. The molecule has 1 aromatic heterocycles. The molecule has 0 saturated heterocycles.